The van der Waals surface area contributed by atoms with E-state index in [9.17, 15) is 9.59 Å². The maximum atomic E-state index is 11.9. The number of hydrogen-bond acceptors (Lipinski definition) is 4. The summed E-state index contributed by atoms with van der Waals surface area (Å²) in [6.07, 6.45) is 1.88. The zero-order chi connectivity index (χ0) is 19.5. The zero-order valence-corrected chi connectivity index (χ0v) is 15.9. The molecule has 0 bridgehead atoms. The van der Waals surface area contributed by atoms with Crippen LogP contribution in [0.3, 0.4) is 0 Å². The molecular formula is C24H22O4. The van der Waals surface area contributed by atoms with Gasteiger partial charge in [-0.2, -0.15) is 0 Å². The number of aryl methyl sites for hydroxylation is 1. The Hall–Kier alpha value is -3.14. The minimum Gasteiger partial charge on any atom is -0.462 e. The predicted molar refractivity (Wildman–Crippen MR) is 111 cm³/mol. The lowest BCUT2D eigenvalue weighted by Gasteiger charge is -2.13. The fourth-order valence-corrected chi connectivity index (χ4v) is 3.85. The Balaban J connectivity index is 1.47. The van der Waals surface area contributed by atoms with Crippen LogP contribution >= 0.6 is 0 Å². The molecule has 0 radical (unpaired) electrons. The molecule has 4 nitrogen and oxygen atoms in total. The highest BCUT2D eigenvalue weighted by atomic mass is 16.6. The number of ether oxygens (including phenoxy) is 2. The summed E-state index contributed by atoms with van der Waals surface area (Å²) in [7, 11) is 0. The van der Waals surface area contributed by atoms with E-state index in [-0.39, 0.29) is 25.2 Å². The molecule has 0 aliphatic rings. The Morgan fingerprint density at radius 2 is 1.43 bits per heavy atom. The minimum absolute atomic E-state index is 0.107. The van der Waals surface area contributed by atoms with Gasteiger partial charge in [0.05, 0.1) is 0 Å². The quantitative estimate of drug-likeness (QED) is 0.259. The third-order valence-corrected chi connectivity index (χ3v) is 5.10. The topological polar surface area (TPSA) is 52.6 Å². The number of hydrogen-bond donors (Lipinski definition) is 0. The highest BCUT2D eigenvalue weighted by Crippen LogP contribution is 2.36. The molecule has 4 aromatic carbocycles. The van der Waals surface area contributed by atoms with Crippen molar-refractivity contribution in [3.8, 4) is 0 Å². The van der Waals surface area contributed by atoms with Crippen LogP contribution in [0, 0.1) is 0 Å². The van der Waals surface area contributed by atoms with Gasteiger partial charge in [0.15, 0.2) is 0 Å². The fourth-order valence-electron chi connectivity index (χ4n) is 3.85. The van der Waals surface area contributed by atoms with Crippen molar-refractivity contribution >= 4 is 44.3 Å². The number of esters is 2. The van der Waals surface area contributed by atoms with Crippen LogP contribution in [0.2, 0.25) is 0 Å². The van der Waals surface area contributed by atoms with E-state index >= 15 is 0 Å². The van der Waals surface area contributed by atoms with Gasteiger partial charge >= 0.3 is 11.9 Å². The Bertz CT molecular complexity index is 1130. The van der Waals surface area contributed by atoms with Gasteiger partial charge in [0.25, 0.3) is 0 Å². The molecule has 142 valence electrons. The van der Waals surface area contributed by atoms with Gasteiger partial charge in [-0.1, -0.05) is 54.6 Å². The van der Waals surface area contributed by atoms with Gasteiger partial charge in [0.1, 0.15) is 13.2 Å². The summed E-state index contributed by atoms with van der Waals surface area (Å²) in [5.74, 6) is -0.630. The smallest absolute Gasteiger partial charge is 0.305 e. The summed E-state index contributed by atoms with van der Waals surface area (Å²) in [4.78, 5) is 22.5. The molecular weight excluding hydrogens is 352 g/mol. The van der Waals surface area contributed by atoms with Crippen molar-refractivity contribution in [2.75, 3.05) is 13.2 Å². The molecule has 0 aliphatic carbocycles. The molecule has 4 aromatic rings. The van der Waals surface area contributed by atoms with Crippen LogP contribution in [0.5, 0.6) is 0 Å². The second-order valence-corrected chi connectivity index (χ2v) is 6.99. The van der Waals surface area contributed by atoms with E-state index in [1.54, 1.807) is 0 Å². The van der Waals surface area contributed by atoms with E-state index in [0.717, 1.165) is 12.8 Å². The first-order valence-electron chi connectivity index (χ1n) is 9.58. The van der Waals surface area contributed by atoms with Crippen LogP contribution in [0.1, 0.15) is 25.3 Å². The Morgan fingerprint density at radius 3 is 2.18 bits per heavy atom. The second kappa shape index (κ2) is 7.85. The van der Waals surface area contributed by atoms with Crippen LogP contribution in [0.25, 0.3) is 32.3 Å². The lowest BCUT2D eigenvalue weighted by atomic mass is 9.90. The van der Waals surface area contributed by atoms with Gasteiger partial charge in [0, 0.05) is 13.3 Å². The highest BCUT2D eigenvalue weighted by molar-refractivity contribution is 6.23. The van der Waals surface area contributed by atoms with Crippen molar-refractivity contribution in [1.29, 1.82) is 0 Å². The van der Waals surface area contributed by atoms with Gasteiger partial charge in [-0.15, -0.1) is 0 Å². The van der Waals surface area contributed by atoms with Crippen LogP contribution in [-0.2, 0) is 25.5 Å². The van der Waals surface area contributed by atoms with Crippen LogP contribution in [-0.4, -0.2) is 25.2 Å². The first-order valence-corrected chi connectivity index (χ1v) is 9.58. The number of carbonyl (C=O) groups is 2. The van der Waals surface area contributed by atoms with E-state index in [4.69, 9.17) is 9.47 Å². The predicted octanol–water partition coefficient (Wildman–Crippen LogP) is 5.01. The van der Waals surface area contributed by atoms with E-state index in [2.05, 4.69) is 54.6 Å². The average Bonchev–Trinajstić information content (AvgIpc) is 2.70. The molecule has 0 atom stereocenters. The number of rotatable bonds is 7. The van der Waals surface area contributed by atoms with E-state index in [1.165, 1.54) is 44.8 Å². The lowest BCUT2D eigenvalue weighted by Crippen LogP contribution is -2.12. The molecule has 0 N–H and O–H groups in total. The lowest BCUT2D eigenvalue weighted by molar-refractivity contribution is -0.151. The Labute approximate surface area is 163 Å². The van der Waals surface area contributed by atoms with E-state index in [0.29, 0.717) is 6.42 Å². The van der Waals surface area contributed by atoms with Crippen molar-refractivity contribution in [1.82, 2.24) is 0 Å². The molecule has 0 amide bonds. The molecule has 4 heteroatoms. The summed E-state index contributed by atoms with van der Waals surface area (Å²) >= 11 is 0. The Morgan fingerprint density at radius 1 is 0.786 bits per heavy atom. The second-order valence-electron chi connectivity index (χ2n) is 6.99. The van der Waals surface area contributed by atoms with Crippen molar-refractivity contribution < 1.29 is 19.1 Å². The van der Waals surface area contributed by atoms with Crippen molar-refractivity contribution in [2.24, 2.45) is 0 Å². The molecule has 4 rings (SSSR count). The standard InChI is InChI=1S/C24H22O4/c1-16(25)27-14-15-28-22(26)7-3-4-17-8-9-20-11-10-18-5-2-6-19-12-13-21(17)24(20)23(18)19/h2,5-6,8-13H,3-4,7,14-15H2,1H3. The monoisotopic (exact) mass is 374 g/mol. The van der Waals surface area contributed by atoms with Crippen molar-refractivity contribution in [3.05, 3.63) is 60.2 Å². The first kappa shape index (κ1) is 18.2. The van der Waals surface area contributed by atoms with E-state index in [1.807, 2.05) is 0 Å². The molecule has 0 unspecified atom stereocenters. The normalized spacial score (nSPS) is 11.3. The van der Waals surface area contributed by atoms with Gasteiger partial charge in [-0.05, 0) is 50.7 Å². The fraction of sp³-hybridized carbons (Fsp3) is 0.250. The maximum absolute atomic E-state index is 11.9. The van der Waals surface area contributed by atoms with Crippen molar-refractivity contribution in [2.45, 2.75) is 26.2 Å². The number of carbonyl (C=O) groups excluding carboxylic acids is 2. The summed E-state index contributed by atoms with van der Waals surface area (Å²) in [6.45, 7) is 1.55. The van der Waals surface area contributed by atoms with Crippen LogP contribution in [0.15, 0.2) is 54.6 Å². The van der Waals surface area contributed by atoms with Gasteiger partial charge in [-0.25, -0.2) is 0 Å². The molecule has 0 fully saturated rings. The van der Waals surface area contributed by atoms with Gasteiger partial charge in [-0.3, -0.25) is 9.59 Å². The third kappa shape index (κ3) is 3.63. The van der Waals surface area contributed by atoms with Gasteiger partial charge in [0.2, 0.25) is 0 Å². The summed E-state index contributed by atoms with van der Waals surface area (Å²) < 4.78 is 9.85. The molecule has 0 saturated carbocycles. The maximum Gasteiger partial charge on any atom is 0.305 e. The number of benzene rings is 4. The molecule has 28 heavy (non-hydrogen) atoms. The van der Waals surface area contributed by atoms with Crippen molar-refractivity contribution in [3.63, 3.8) is 0 Å². The van der Waals surface area contributed by atoms with E-state index < -0.39 is 0 Å². The average molecular weight is 374 g/mol. The third-order valence-electron chi connectivity index (χ3n) is 5.10. The largest absolute Gasteiger partial charge is 0.462 e. The molecule has 0 aromatic heterocycles. The first-order chi connectivity index (χ1) is 13.6. The summed E-state index contributed by atoms with van der Waals surface area (Å²) in [6, 6.07) is 19.4. The minimum atomic E-state index is -0.370. The van der Waals surface area contributed by atoms with Crippen LogP contribution in [0.4, 0.5) is 0 Å². The highest BCUT2D eigenvalue weighted by Gasteiger charge is 2.11. The SMILES string of the molecule is CC(=O)OCCOC(=O)CCCc1ccc2ccc3cccc4ccc1c2c34. The molecule has 0 aliphatic heterocycles. The Kier molecular flexibility index (Phi) is 5.11. The summed E-state index contributed by atoms with van der Waals surface area (Å²) in [5, 5.41) is 7.62. The molecule has 0 saturated heterocycles. The zero-order valence-electron chi connectivity index (χ0n) is 15.9. The van der Waals surface area contributed by atoms with Crippen LogP contribution < -0.4 is 0 Å². The molecule has 0 heterocycles. The molecule has 0 spiro atoms. The van der Waals surface area contributed by atoms with Gasteiger partial charge < -0.3 is 9.47 Å². The summed E-state index contributed by atoms with van der Waals surface area (Å²) in [5.41, 5.74) is 1.25.